The molecular formula is C13H12Cl2N2OS2. The number of aromatic nitrogens is 1. The fourth-order valence-electron chi connectivity index (χ4n) is 1.46. The molecule has 0 spiro atoms. The van der Waals surface area contributed by atoms with Crippen LogP contribution >= 0.6 is 46.3 Å². The summed E-state index contributed by atoms with van der Waals surface area (Å²) in [4.78, 5) is 15.9. The Morgan fingerprint density at radius 2 is 2.25 bits per heavy atom. The number of carbonyl (C=O) groups is 1. The Morgan fingerprint density at radius 3 is 2.90 bits per heavy atom. The van der Waals surface area contributed by atoms with E-state index in [0.717, 1.165) is 11.3 Å². The van der Waals surface area contributed by atoms with Crippen LogP contribution in [0.25, 0.3) is 0 Å². The zero-order chi connectivity index (χ0) is 14.5. The van der Waals surface area contributed by atoms with Crippen molar-refractivity contribution in [2.75, 3.05) is 11.1 Å². The molecule has 0 aliphatic carbocycles. The van der Waals surface area contributed by atoms with E-state index in [2.05, 4.69) is 10.3 Å². The molecule has 0 aliphatic rings. The summed E-state index contributed by atoms with van der Waals surface area (Å²) in [6, 6.07) is 5.37. The van der Waals surface area contributed by atoms with Crippen LogP contribution in [0.4, 0.5) is 5.13 Å². The minimum Gasteiger partial charge on any atom is -0.301 e. The maximum atomic E-state index is 11.7. The van der Waals surface area contributed by atoms with Gasteiger partial charge < -0.3 is 5.32 Å². The van der Waals surface area contributed by atoms with Crippen LogP contribution in [-0.4, -0.2) is 16.6 Å². The maximum absolute atomic E-state index is 11.7. The normalized spacial score (nSPS) is 10.6. The Morgan fingerprint density at radius 1 is 1.45 bits per heavy atom. The highest BCUT2D eigenvalue weighted by atomic mass is 35.5. The topological polar surface area (TPSA) is 42.0 Å². The molecule has 3 nitrogen and oxygen atoms in total. The number of carbonyl (C=O) groups excluding carboxylic acids is 1. The van der Waals surface area contributed by atoms with E-state index in [-0.39, 0.29) is 5.91 Å². The SMILES string of the molecule is Cc1csc(NC(=O)CSCc2ccc(Cl)cc2Cl)n1. The van der Waals surface area contributed by atoms with E-state index < -0.39 is 0 Å². The van der Waals surface area contributed by atoms with Gasteiger partial charge in [0, 0.05) is 21.2 Å². The van der Waals surface area contributed by atoms with Gasteiger partial charge in [-0.1, -0.05) is 29.3 Å². The minimum absolute atomic E-state index is 0.0607. The Bertz CT molecular complexity index is 616. The Hall–Kier alpha value is -0.750. The molecular weight excluding hydrogens is 335 g/mol. The Kier molecular flexibility index (Phi) is 5.72. The predicted molar refractivity (Wildman–Crippen MR) is 88.1 cm³/mol. The molecule has 106 valence electrons. The molecule has 0 unspecified atom stereocenters. The third kappa shape index (κ3) is 4.66. The molecule has 0 saturated heterocycles. The molecule has 0 fully saturated rings. The zero-order valence-corrected chi connectivity index (χ0v) is 13.8. The molecule has 1 aromatic carbocycles. The van der Waals surface area contributed by atoms with Gasteiger partial charge in [-0.05, 0) is 24.6 Å². The Balaban J connectivity index is 1.79. The maximum Gasteiger partial charge on any atom is 0.236 e. The summed E-state index contributed by atoms with van der Waals surface area (Å²) < 4.78 is 0. The van der Waals surface area contributed by atoms with Gasteiger partial charge in [-0.15, -0.1) is 23.1 Å². The molecule has 1 heterocycles. The lowest BCUT2D eigenvalue weighted by Crippen LogP contribution is -2.14. The monoisotopic (exact) mass is 346 g/mol. The molecule has 0 bridgehead atoms. The van der Waals surface area contributed by atoms with E-state index in [9.17, 15) is 4.79 Å². The summed E-state index contributed by atoms with van der Waals surface area (Å²) in [6.07, 6.45) is 0. The standard InChI is InChI=1S/C13H12Cl2N2OS2/c1-8-5-20-13(16-8)17-12(18)7-19-6-9-2-3-10(14)4-11(9)15/h2-5H,6-7H2,1H3,(H,16,17,18). The molecule has 0 saturated carbocycles. The van der Waals surface area contributed by atoms with Crippen molar-refractivity contribution in [1.29, 1.82) is 0 Å². The molecule has 2 aromatic rings. The second-order valence-electron chi connectivity index (χ2n) is 4.07. The molecule has 7 heteroatoms. The van der Waals surface area contributed by atoms with Crippen molar-refractivity contribution < 1.29 is 4.79 Å². The van der Waals surface area contributed by atoms with E-state index in [4.69, 9.17) is 23.2 Å². The van der Waals surface area contributed by atoms with Crippen LogP contribution in [-0.2, 0) is 10.5 Å². The molecule has 0 atom stereocenters. The third-order valence-corrected chi connectivity index (χ3v) is 4.82. The first-order valence-electron chi connectivity index (χ1n) is 5.78. The van der Waals surface area contributed by atoms with Crippen LogP contribution in [0.1, 0.15) is 11.3 Å². The smallest absolute Gasteiger partial charge is 0.236 e. The van der Waals surface area contributed by atoms with Gasteiger partial charge in [0.2, 0.25) is 5.91 Å². The van der Waals surface area contributed by atoms with Gasteiger partial charge >= 0.3 is 0 Å². The molecule has 0 radical (unpaired) electrons. The molecule has 1 N–H and O–H groups in total. The van der Waals surface area contributed by atoms with E-state index in [1.807, 2.05) is 18.4 Å². The molecule has 1 amide bonds. The zero-order valence-electron chi connectivity index (χ0n) is 10.7. The van der Waals surface area contributed by atoms with Crippen molar-refractivity contribution in [2.45, 2.75) is 12.7 Å². The lowest BCUT2D eigenvalue weighted by Gasteiger charge is -2.05. The number of benzene rings is 1. The first kappa shape index (κ1) is 15.6. The highest BCUT2D eigenvalue weighted by molar-refractivity contribution is 7.99. The highest BCUT2D eigenvalue weighted by Gasteiger charge is 2.07. The van der Waals surface area contributed by atoms with Crippen LogP contribution in [0.5, 0.6) is 0 Å². The van der Waals surface area contributed by atoms with Crippen molar-refractivity contribution >= 4 is 57.3 Å². The summed E-state index contributed by atoms with van der Waals surface area (Å²) in [5.74, 6) is 0.965. The highest BCUT2D eigenvalue weighted by Crippen LogP contribution is 2.24. The summed E-state index contributed by atoms with van der Waals surface area (Å²) in [5.41, 5.74) is 1.88. The quantitative estimate of drug-likeness (QED) is 0.857. The van der Waals surface area contributed by atoms with Gasteiger partial charge in [-0.2, -0.15) is 0 Å². The Labute approximate surface area is 135 Å². The van der Waals surface area contributed by atoms with Crippen LogP contribution in [0.3, 0.4) is 0 Å². The lowest BCUT2D eigenvalue weighted by molar-refractivity contribution is -0.113. The number of halogens is 2. The van der Waals surface area contributed by atoms with Gasteiger partial charge in [0.05, 0.1) is 11.4 Å². The van der Waals surface area contributed by atoms with E-state index in [1.54, 1.807) is 12.1 Å². The average Bonchev–Trinajstić information content (AvgIpc) is 2.77. The lowest BCUT2D eigenvalue weighted by atomic mass is 10.2. The number of nitrogens with one attached hydrogen (secondary N) is 1. The minimum atomic E-state index is -0.0607. The van der Waals surface area contributed by atoms with Gasteiger partial charge in [0.25, 0.3) is 0 Å². The van der Waals surface area contributed by atoms with E-state index in [0.29, 0.717) is 26.7 Å². The van der Waals surface area contributed by atoms with Crippen molar-refractivity contribution in [3.05, 3.63) is 44.9 Å². The summed E-state index contributed by atoms with van der Waals surface area (Å²) in [6.45, 7) is 1.89. The number of rotatable bonds is 5. The number of hydrogen-bond donors (Lipinski definition) is 1. The largest absolute Gasteiger partial charge is 0.301 e. The number of thioether (sulfide) groups is 1. The van der Waals surface area contributed by atoms with Crippen LogP contribution < -0.4 is 5.32 Å². The van der Waals surface area contributed by atoms with E-state index >= 15 is 0 Å². The van der Waals surface area contributed by atoms with Gasteiger partial charge in [-0.25, -0.2) is 4.98 Å². The number of aryl methyl sites for hydroxylation is 1. The number of anilines is 1. The molecule has 2 rings (SSSR count). The van der Waals surface area contributed by atoms with Crippen molar-refractivity contribution in [3.8, 4) is 0 Å². The summed E-state index contributed by atoms with van der Waals surface area (Å²) in [5, 5.41) is 6.54. The fourth-order valence-corrected chi connectivity index (χ4v) is 3.55. The predicted octanol–water partition coefficient (Wildman–Crippen LogP) is 4.63. The first-order valence-corrected chi connectivity index (χ1v) is 8.57. The van der Waals surface area contributed by atoms with Gasteiger partial charge in [0.1, 0.15) is 0 Å². The number of thiazole rings is 1. The number of nitrogens with zero attached hydrogens (tertiary/aromatic N) is 1. The number of hydrogen-bond acceptors (Lipinski definition) is 4. The molecule has 0 aliphatic heterocycles. The first-order chi connectivity index (χ1) is 9.54. The van der Waals surface area contributed by atoms with Crippen LogP contribution in [0.15, 0.2) is 23.6 Å². The van der Waals surface area contributed by atoms with Gasteiger partial charge in [-0.3, -0.25) is 4.79 Å². The second kappa shape index (κ2) is 7.31. The third-order valence-electron chi connectivity index (χ3n) is 2.37. The summed E-state index contributed by atoms with van der Waals surface area (Å²) >= 11 is 14.8. The molecule has 20 heavy (non-hydrogen) atoms. The van der Waals surface area contributed by atoms with Crippen molar-refractivity contribution in [3.63, 3.8) is 0 Å². The van der Waals surface area contributed by atoms with Crippen molar-refractivity contribution in [1.82, 2.24) is 4.98 Å². The fraction of sp³-hybridized carbons (Fsp3) is 0.231. The van der Waals surface area contributed by atoms with Crippen molar-refractivity contribution in [2.24, 2.45) is 0 Å². The van der Waals surface area contributed by atoms with Crippen LogP contribution in [0.2, 0.25) is 10.0 Å². The average molecular weight is 347 g/mol. The van der Waals surface area contributed by atoms with Gasteiger partial charge in [0.15, 0.2) is 5.13 Å². The van der Waals surface area contributed by atoms with E-state index in [1.165, 1.54) is 23.1 Å². The summed E-state index contributed by atoms with van der Waals surface area (Å²) in [7, 11) is 0. The second-order valence-corrected chi connectivity index (χ2v) is 6.76. The van der Waals surface area contributed by atoms with Crippen LogP contribution in [0, 0.1) is 6.92 Å². The molecule has 1 aromatic heterocycles. The number of amides is 1.